The maximum atomic E-state index is 14.2. The Balaban J connectivity index is 2.20. The highest BCUT2D eigenvalue weighted by Crippen LogP contribution is 2.35. The summed E-state index contributed by atoms with van der Waals surface area (Å²) in [4.78, 5) is 53.0. The van der Waals surface area contributed by atoms with E-state index in [1.165, 1.54) is 4.90 Å². The number of carbonyl (C=O) groups is 4. The summed E-state index contributed by atoms with van der Waals surface area (Å²) < 4.78 is 14.4. The van der Waals surface area contributed by atoms with Gasteiger partial charge in [-0.3, -0.25) is 24.1 Å². The van der Waals surface area contributed by atoms with Gasteiger partial charge in [-0.25, -0.2) is 0 Å². The van der Waals surface area contributed by atoms with E-state index < -0.39 is 36.3 Å². The number of aromatic nitrogens is 1. The molecule has 0 unspecified atom stereocenters. The number of aryl methyl sites for hydroxylation is 2. The third-order valence-electron chi connectivity index (χ3n) is 5.72. The minimum atomic E-state index is -1.25. The van der Waals surface area contributed by atoms with Crippen LogP contribution in [0.5, 0.6) is 5.75 Å². The molecule has 1 atom stereocenters. The molecular weight excluding hydrogens is 522 g/mol. The van der Waals surface area contributed by atoms with Crippen LogP contribution >= 0.6 is 11.5 Å². The van der Waals surface area contributed by atoms with Crippen molar-refractivity contribution in [2.45, 2.75) is 33.7 Å². The van der Waals surface area contributed by atoms with Crippen molar-refractivity contribution in [1.82, 2.24) is 9.69 Å². The number of hydrogen-bond acceptors (Lipinski definition) is 9. The lowest BCUT2D eigenvalue weighted by Gasteiger charge is -2.32. The summed E-state index contributed by atoms with van der Waals surface area (Å²) in [5.74, 6) is -2.24. The normalized spacial score (nSPS) is 11.4. The highest BCUT2D eigenvalue weighted by Gasteiger charge is 2.37. The lowest BCUT2D eigenvalue weighted by atomic mass is 10.00. The molecule has 2 aromatic carbocycles. The summed E-state index contributed by atoms with van der Waals surface area (Å²) in [6.45, 7) is 7.35. The van der Waals surface area contributed by atoms with E-state index in [9.17, 15) is 19.2 Å². The Kier molecular flexibility index (Phi) is 9.61. The Hall–Kier alpha value is -4.45. The first kappa shape index (κ1) is 29.1. The monoisotopic (exact) mass is 553 g/mol. The SMILES string of the molecule is CCOC(=O)CNC(=O)[C@@H](c1ccc(OCC)cc1)N(C(=O)c1snc(C(N)=O)c1N)c1cc(C)ccc1C. The zero-order chi connectivity index (χ0) is 28.7. The fourth-order valence-electron chi connectivity index (χ4n) is 3.88. The molecule has 0 aliphatic heterocycles. The Morgan fingerprint density at radius 1 is 1.05 bits per heavy atom. The highest BCUT2D eigenvalue weighted by atomic mass is 32.1. The summed E-state index contributed by atoms with van der Waals surface area (Å²) in [6.07, 6.45) is 0. The van der Waals surface area contributed by atoms with E-state index in [1.54, 1.807) is 44.2 Å². The molecule has 0 radical (unpaired) electrons. The minimum absolute atomic E-state index is 0.0566. The van der Waals surface area contributed by atoms with Crippen molar-refractivity contribution in [3.05, 3.63) is 69.7 Å². The van der Waals surface area contributed by atoms with E-state index in [-0.39, 0.29) is 22.9 Å². The molecular formula is C27H31N5O6S. The molecule has 0 aliphatic carbocycles. The number of amides is 3. The Labute approximate surface area is 230 Å². The van der Waals surface area contributed by atoms with E-state index in [2.05, 4.69) is 9.69 Å². The number of benzene rings is 2. The second-order valence-corrected chi connectivity index (χ2v) is 9.30. The van der Waals surface area contributed by atoms with Crippen LogP contribution in [0, 0.1) is 13.8 Å². The van der Waals surface area contributed by atoms with E-state index >= 15 is 0 Å². The molecule has 3 amide bonds. The molecule has 1 aromatic heterocycles. The molecule has 3 rings (SSSR count). The van der Waals surface area contributed by atoms with Gasteiger partial charge in [-0.2, -0.15) is 4.37 Å². The maximum absolute atomic E-state index is 14.2. The molecule has 12 heteroatoms. The van der Waals surface area contributed by atoms with E-state index in [1.807, 2.05) is 26.0 Å². The molecule has 0 spiro atoms. The van der Waals surface area contributed by atoms with Gasteiger partial charge in [0.05, 0.1) is 18.9 Å². The fourth-order valence-corrected chi connectivity index (χ4v) is 4.62. The average molecular weight is 554 g/mol. The maximum Gasteiger partial charge on any atom is 0.325 e. The van der Waals surface area contributed by atoms with Gasteiger partial charge in [-0.05, 0) is 74.1 Å². The first-order valence-electron chi connectivity index (χ1n) is 12.2. The van der Waals surface area contributed by atoms with Crippen molar-refractivity contribution in [2.75, 3.05) is 30.4 Å². The van der Waals surface area contributed by atoms with Crippen LogP contribution in [0.4, 0.5) is 11.4 Å². The molecule has 5 N–H and O–H groups in total. The summed E-state index contributed by atoms with van der Waals surface area (Å²) in [5, 5.41) is 2.58. The molecule has 3 aromatic rings. The van der Waals surface area contributed by atoms with Gasteiger partial charge in [-0.1, -0.05) is 24.3 Å². The van der Waals surface area contributed by atoms with Gasteiger partial charge in [0.15, 0.2) is 5.69 Å². The van der Waals surface area contributed by atoms with Crippen molar-refractivity contribution in [3.63, 3.8) is 0 Å². The van der Waals surface area contributed by atoms with Gasteiger partial charge in [0, 0.05) is 5.69 Å². The van der Waals surface area contributed by atoms with Crippen LogP contribution in [-0.4, -0.2) is 47.8 Å². The standard InChI is InChI=1S/C27H31N5O6S/c1-5-37-18-11-9-17(10-12-18)23(26(35)30-14-20(33)38-6-2)32(19-13-15(3)7-8-16(19)4)27(36)24-21(28)22(25(29)34)31-39-24/h7-13,23H,5-6,14,28H2,1-4H3,(H2,29,34)(H,30,35)/t23-/m1/s1. The third-order valence-corrected chi connectivity index (χ3v) is 6.58. The van der Waals surface area contributed by atoms with E-state index in [0.29, 0.717) is 40.7 Å². The van der Waals surface area contributed by atoms with Crippen LogP contribution in [0.25, 0.3) is 0 Å². The second-order valence-electron chi connectivity index (χ2n) is 8.53. The largest absolute Gasteiger partial charge is 0.494 e. The Morgan fingerprint density at radius 2 is 1.74 bits per heavy atom. The van der Waals surface area contributed by atoms with E-state index in [0.717, 1.165) is 5.56 Å². The van der Waals surface area contributed by atoms with Gasteiger partial charge in [-0.15, -0.1) is 0 Å². The van der Waals surface area contributed by atoms with Crippen LogP contribution < -0.4 is 26.4 Å². The molecule has 0 fully saturated rings. The molecule has 1 heterocycles. The first-order chi connectivity index (χ1) is 18.6. The van der Waals surface area contributed by atoms with E-state index in [4.69, 9.17) is 20.9 Å². The number of rotatable bonds is 11. The number of nitrogens with two attached hydrogens (primary N) is 2. The number of nitrogen functional groups attached to an aromatic ring is 1. The molecule has 0 aliphatic rings. The summed E-state index contributed by atoms with van der Waals surface area (Å²) >= 11 is 0.711. The molecule has 0 saturated heterocycles. The number of anilines is 2. The zero-order valence-electron chi connectivity index (χ0n) is 22.1. The first-order valence-corrected chi connectivity index (χ1v) is 13.0. The van der Waals surface area contributed by atoms with Crippen LogP contribution in [0.1, 0.15) is 56.7 Å². The lowest BCUT2D eigenvalue weighted by Crippen LogP contribution is -2.45. The van der Waals surface area contributed by atoms with Gasteiger partial charge in [0.2, 0.25) is 5.91 Å². The molecule has 0 bridgehead atoms. The van der Waals surface area contributed by atoms with Gasteiger partial charge in [0.1, 0.15) is 23.2 Å². The predicted molar refractivity (Wildman–Crippen MR) is 148 cm³/mol. The quantitative estimate of drug-likeness (QED) is 0.305. The fraction of sp³-hybridized carbons (Fsp3) is 0.296. The van der Waals surface area contributed by atoms with Crippen LogP contribution in [0.3, 0.4) is 0 Å². The third kappa shape index (κ3) is 6.71. The van der Waals surface area contributed by atoms with Gasteiger partial charge >= 0.3 is 5.97 Å². The minimum Gasteiger partial charge on any atom is -0.494 e. The number of hydrogen-bond donors (Lipinski definition) is 3. The van der Waals surface area contributed by atoms with Crippen molar-refractivity contribution >= 4 is 46.6 Å². The second kappa shape index (κ2) is 12.9. The smallest absolute Gasteiger partial charge is 0.325 e. The summed E-state index contributed by atoms with van der Waals surface area (Å²) in [7, 11) is 0. The summed E-state index contributed by atoms with van der Waals surface area (Å²) in [6, 6.07) is 10.9. The van der Waals surface area contributed by atoms with Gasteiger partial charge in [0.25, 0.3) is 11.8 Å². The predicted octanol–water partition coefficient (Wildman–Crippen LogP) is 2.91. The van der Waals surface area contributed by atoms with Crippen LogP contribution in [0.2, 0.25) is 0 Å². The van der Waals surface area contributed by atoms with Crippen LogP contribution in [0.15, 0.2) is 42.5 Å². The average Bonchev–Trinajstić information content (AvgIpc) is 3.29. The van der Waals surface area contributed by atoms with Gasteiger partial charge < -0.3 is 26.3 Å². The molecule has 206 valence electrons. The number of ether oxygens (including phenoxy) is 2. The number of carbonyl (C=O) groups excluding carboxylic acids is 4. The lowest BCUT2D eigenvalue weighted by molar-refractivity contribution is -0.143. The van der Waals surface area contributed by atoms with Crippen LogP contribution in [-0.2, 0) is 14.3 Å². The van der Waals surface area contributed by atoms with Crippen molar-refractivity contribution in [3.8, 4) is 5.75 Å². The molecule has 11 nitrogen and oxygen atoms in total. The number of esters is 1. The Morgan fingerprint density at radius 3 is 2.33 bits per heavy atom. The van der Waals surface area contributed by atoms with Crippen molar-refractivity contribution in [2.24, 2.45) is 5.73 Å². The number of nitrogens with one attached hydrogen (secondary N) is 1. The molecule has 0 saturated carbocycles. The number of primary amides is 1. The zero-order valence-corrected chi connectivity index (χ0v) is 23.0. The Bertz CT molecular complexity index is 1370. The topological polar surface area (TPSA) is 167 Å². The van der Waals surface area contributed by atoms with Crippen molar-refractivity contribution in [1.29, 1.82) is 0 Å². The summed E-state index contributed by atoms with van der Waals surface area (Å²) in [5.41, 5.74) is 13.5. The highest BCUT2D eigenvalue weighted by molar-refractivity contribution is 7.09. The number of nitrogens with zero attached hydrogens (tertiary/aromatic N) is 2. The molecule has 39 heavy (non-hydrogen) atoms. The van der Waals surface area contributed by atoms with Crippen molar-refractivity contribution < 1.29 is 28.7 Å².